The van der Waals surface area contributed by atoms with Crippen molar-refractivity contribution < 1.29 is 4.79 Å². The number of rotatable bonds is 10. The Morgan fingerprint density at radius 1 is 1.33 bits per heavy atom. The van der Waals surface area contributed by atoms with Gasteiger partial charge in [-0.05, 0) is 70.2 Å². The molecule has 4 nitrogen and oxygen atoms in total. The molecule has 2 unspecified atom stereocenters. The lowest BCUT2D eigenvalue weighted by Gasteiger charge is -2.28. The van der Waals surface area contributed by atoms with Gasteiger partial charge in [0.25, 0.3) is 0 Å². The minimum atomic E-state index is 0.232. The van der Waals surface area contributed by atoms with E-state index in [0.29, 0.717) is 18.3 Å². The Hall–Kier alpha value is -0.610. The van der Waals surface area contributed by atoms with Gasteiger partial charge in [-0.2, -0.15) is 0 Å². The monoisotopic (exact) mass is 297 g/mol. The highest BCUT2D eigenvalue weighted by atomic mass is 16.1. The summed E-state index contributed by atoms with van der Waals surface area (Å²) >= 11 is 0. The number of unbranched alkanes of at least 4 members (excludes halogenated alkanes) is 1. The summed E-state index contributed by atoms with van der Waals surface area (Å²) in [6.07, 6.45) is 5.46. The van der Waals surface area contributed by atoms with Crippen LogP contribution >= 0.6 is 0 Å². The number of hydrogen-bond acceptors (Lipinski definition) is 3. The van der Waals surface area contributed by atoms with E-state index in [1.807, 2.05) is 0 Å². The van der Waals surface area contributed by atoms with Crippen LogP contribution in [-0.4, -0.2) is 50.1 Å². The third-order valence-corrected chi connectivity index (χ3v) is 4.76. The Labute approximate surface area is 131 Å². The smallest absolute Gasteiger partial charge is 0.220 e. The molecule has 1 saturated heterocycles. The van der Waals surface area contributed by atoms with Crippen LogP contribution in [0.3, 0.4) is 0 Å². The molecule has 0 bridgehead atoms. The van der Waals surface area contributed by atoms with Crippen LogP contribution < -0.4 is 10.6 Å². The fourth-order valence-electron chi connectivity index (χ4n) is 3.12. The van der Waals surface area contributed by atoms with Crippen molar-refractivity contribution in [3.05, 3.63) is 0 Å². The van der Waals surface area contributed by atoms with Gasteiger partial charge in [0.2, 0.25) is 5.91 Å². The quantitative estimate of drug-likeness (QED) is 0.608. The molecule has 4 heteroatoms. The normalized spacial score (nSPS) is 20.5. The van der Waals surface area contributed by atoms with Crippen molar-refractivity contribution in [3.8, 4) is 0 Å². The van der Waals surface area contributed by atoms with E-state index < -0.39 is 0 Å². The molecule has 2 N–H and O–H groups in total. The van der Waals surface area contributed by atoms with Crippen LogP contribution in [0.4, 0.5) is 0 Å². The first-order valence-electron chi connectivity index (χ1n) is 8.87. The molecule has 0 aromatic heterocycles. The van der Waals surface area contributed by atoms with Gasteiger partial charge in [-0.15, -0.1) is 0 Å². The van der Waals surface area contributed by atoms with E-state index in [2.05, 4.69) is 36.3 Å². The predicted octanol–water partition coefficient (Wildman–Crippen LogP) is 2.25. The van der Waals surface area contributed by atoms with Crippen LogP contribution in [-0.2, 0) is 4.79 Å². The molecule has 1 rings (SSSR count). The fraction of sp³-hybridized carbons (Fsp3) is 0.941. The van der Waals surface area contributed by atoms with Crippen LogP contribution in [0.2, 0.25) is 0 Å². The van der Waals surface area contributed by atoms with Crippen LogP contribution in [0.1, 0.15) is 52.9 Å². The average molecular weight is 297 g/mol. The maximum absolute atomic E-state index is 12.0. The molecule has 0 spiro atoms. The summed E-state index contributed by atoms with van der Waals surface area (Å²) in [7, 11) is 0. The van der Waals surface area contributed by atoms with Crippen LogP contribution in [0.5, 0.6) is 0 Å². The summed E-state index contributed by atoms with van der Waals surface area (Å²) in [6, 6.07) is 0. The van der Waals surface area contributed by atoms with E-state index in [4.69, 9.17) is 0 Å². The number of carbonyl (C=O) groups excluding carboxylic acids is 1. The first-order valence-corrected chi connectivity index (χ1v) is 8.87. The highest BCUT2D eigenvalue weighted by molar-refractivity contribution is 5.76. The number of hydrogen-bond donors (Lipinski definition) is 2. The molecule has 2 atom stereocenters. The van der Waals surface area contributed by atoms with E-state index in [9.17, 15) is 4.79 Å². The summed E-state index contributed by atoms with van der Waals surface area (Å²) in [6.45, 7) is 13.1. The van der Waals surface area contributed by atoms with Crippen molar-refractivity contribution in [1.29, 1.82) is 0 Å². The zero-order chi connectivity index (χ0) is 15.5. The zero-order valence-corrected chi connectivity index (χ0v) is 14.3. The average Bonchev–Trinajstić information content (AvgIpc) is 2.51. The SMILES string of the molecule is CCN(CC)CCCCNC(=O)CC(C)C1CCCNC1. The molecule has 0 aromatic rings. The number of carbonyl (C=O) groups is 1. The lowest BCUT2D eigenvalue weighted by atomic mass is 9.85. The van der Waals surface area contributed by atoms with Gasteiger partial charge in [0.1, 0.15) is 0 Å². The summed E-state index contributed by atoms with van der Waals surface area (Å²) in [5.41, 5.74) is 0. The second kappa shape index (κ2) is 11.0. The lowest BCUT2D eigenvalue weighted by Crippen LogP contribution is -2.35. The third kappa shape index (κ3) is 7.82. The zero-order valence-electron chi connectivity index (χ0n) is 14.3. The number of nitrogens with zero attached hydrogens (tertiary/aromatic N) is 1. The van der Waals surface area contributed by atoms with Crippen molar-refractivity contribution in [1.82, 2.24) is 15.5 Å². The lowest BCUT2D eigenvalue weighted by molar-refractivity contribution is -0.122. The summed E-state index contributed by atoms with van der Waals surface area (Å²) < 4.78 is 0. The van der Waals surface area contributed by atoms with Gasteiger partial charge in [-0.25, -0.2) is 0 Å². The van der Waals surface area contributed by atoms with Crippen molar-refractivity contribution in [3.63, 3.8) is 0 Å². The summed E-state index contributed by atoms with van der Waals surface area (Å²) in [5.74, 6) is 1.40. The van der Waals surface area contributed by atoms with Crippen molar-refractivity contribution in [2.24, 2.45) is 11.8 Å². The standard InChI is InChI=1S/C17H35N3O/c1-4-20(5-2)12-7-6-11-19-17(21)13-15(3)16-9-8-10-18-14-16/h15-16,18H,4-14H2,1-3H3,(H,19,21). The second-order valence-corrected chi connectivity index (χ2v) is 6.37. The fourth-order valence-corrected chi connectivity index (χ4v) is 3.12. The topological polar surface area (TPSA) is 44.4 Å². The number of nitrogens with one attached hydrogen (secondary N) is 2. The first-order chi connectivity index (χ1) is 10.2. The Kier molecular flexibility index (Phi) is 9.68. The predicted molar refractivity (Wildman–Crippen MR) is 89.4 cm³/mol. The van der Waals surface area contributed by atoms with Gasteiger partial charge in [0, 0.05) is 13.0 Å². The molecule has 0 aromatic carbocycles. The molecule has 124 valence electrons. The molecular weight excluding hydrogens is 262 g/mol. The Balaban J connectivity index is 2.05. The van der Waals surface area contributed by atoms with E-state index in [0.717, 1.165) is 45.7 Å². The van der Waals surface area contributed by atoms with Crippen LogP contribution in [0.15, 0.2) is 0 Å². The molecular formula is C17H35N3O. The van der Waals surface area contributed by atoms with Crippen molar-refractivity contribution >= 4 is 5.91 Å². The maximum Gasteiger partial charge on any atom is 0.220 e. The van der Waals surface area contributed by atoms with Gasteiger partial charge in [0.15, 0.2) is 0 Å². The van der Waals surface area contributed by atoms with Gasteiger partial charge >= 0.3 is 0 Å². The minimum absolute atomic E-state index is 0.232. The van der Waals surface area contributed by atoms with E-state index >= 15 is 0 Å². The van der Waals surface area contributed by atoms with Crippen molar-refractivity contribution in [2.45, 2.75) is 52.9 Å². The molecule has 1 fully saturated rings. The van der Waals surface area contributed by atoms with Gasteiger partial charge < -0.3 is 15.5 Å². The Morgan fingerprint density at radius 3 is 2.71 bits per heavy atom. The second-order valence-electron chi connectivity index (χ2n) is 6.37. The van der Waals surface area contributed by atoms with Crippen LogP contribution in [0.25, 0.3) is 0 Å². The highest BCUT2D eigenvalue weighted by Crippen LogP contribution is 2.22. The molecule has 1 aliphatic rings. The first kappa shape index (κ1) is 18.4. The molecule has 1 aliphatic heterocycles. The van der Waals surface area contributed by atoms with E-state index in [1.165, 1.54) is 19.3 Å². The molecule has 0 saturated carbocycles. The summed E-state index contributed by atoms with van der Waals surface area (Å²) in [5, 5.41) is 6.52. The Bertz CT molecular complexity index is 273. The highest BCUT2D eigenvalue weighted by Gasteiger charge is 2.21. The molecule has 0 aliphatic carbocycles. The van der Waals surface area contributed by atoms with Crippen LogP contribution in [0, 0.1) is 11.8 Å². The molecule has 0 radical (unpaired) electrons. The van der Waals surface area contributed by atoms with Crippen molar-refractivity contribution in [2.75, 3.05) is 39.3 Å². The molecule has 1 heterocycles. The van der Waals surface area contributed by atoms with Gasteiger partial charge in [-0.3, -0.25) is 4.79 Å². The van der Waals surface area contributed by atoms with Gasteiger partial charge in [-0.1, -0.05) is 20.8 Å². The van der Waals surface area contributed by atoms with Gasteiger partial charge in [0.05, 0.1) is 0 Å². The number of amides is 1. The molecule has 1 amide bonds. The molecule has 21 heavy (non-hydrogen) atoms. The minimum Gasteiger partial charge on any atom is -0.356 e. The maximum atomic E-state index is 12.0. The Morgan fingerprint density at radius 2 is 2.10 bits per heavy atom. The largest absolute Gasteiger partial charge is 0.356 e. The number of piperidine rings is 1. The summed E-state index contributed by atoms with van der Waals surface area (Å²) in [4.78, 5) is 14.4. The third-order valence-electron chi connectivity index (χ3n) is 4.76. The van der Waals surface area contributed by atoms with E-state index in [1.54, 1.807) is 0 Å². The van der Waals surface area contributed by atoms with E-state index in [-0.39, 0.29) is 5.91 Å².